The van der Waals surface area contributed by atoms with Gasteiger partial charge in [-0.3, -0.25) is 9.59 Å². The first-order chi connectivity index (χ1) is 13.5. The maximum atomic E-state index is 13.0. The third kappa shape index (κ3) is 4.24. The van der Waals surface area contributed by atoms with Gasteiger partial charge in [-0.15, -0.1) is 0 Å². The van der Waals surface area contributed by atoms with Gasteiger partial charge in [-0.05, 0) is 55.3 Å². The van der Waals surface area contributed by atoms with Crippen molar-refractivity contribution in [1.82, 2.24) is 10.2 Å². The number of hydrogen-bond donors (Lipinski definition) is 1. The molecule has 1 N–H and O–H groups in total. The molecule has 1 fully saturated rings. The average molecular weight is 386 g/mol. The van der Waals surface area contributed by atoms with Crippen LogP contribution in [0.2, 0.25) is 0 Å². The Morgan fingerprint density at radius 3 is 2.57 bits per heavy atom. The van der Waals surface area contributed by atoms with Crippen molar-refractivity contribution in [1.29, 1.82) is 0 Å². The molecule has 2 aromatic carbocycles. The van der Waals surface area contributed by atoms with Crippen molar-refractivity contribution in [3.63, 3.8) is 0 Å². The van der Waals surface area contributed by atoms with Crippen LogP contribution in [0.1, 0.15) is 34.8 Å². The lowest BCUT2D eigenvalue weighted by atomic mass is 10.0. The van der Waals surface area contributed by atoms with Gasteiger partial charge in [0.25, 0.3) is 5.91 Å². The molecule has 1 aliphatic heterocycles. The normalized spacial score (nSPS) is 16.0. The van der Waals surface area contributed by atoms with E-state index in [1.165, 1.54) is 24.3 Å². The van der Waals surface area contributed by atoms with Crippen LogP contribution in [0.15, 0.2) is 42.5 Å². The molecule has 1 aliphatic rings. The molecule has 2 aromatic rings. The number of ether oxygens (including phenoxy) is 2. The molecule has 0 radical (unpaired) electrons. The van der Waals surface area contributed by atoms with Crippen LogP contribution in [-0.2, 0) is 4.79 Å². The predicted octanol–water partition coefficient (Wildman–Crippen LogP) is 2.94. The molecule has 6 nitrogen and oxygen atoms in total. The summed E-state index contributed by atoms with van der Waals surface area (Å²) in [5, 5.41) is 2.61. The van der Waals surface area contributed by atoms with Gasteiger partial charge in [0.1, 0.15) is 17.3 Å². The van der Waals surface area contributed by atoms with E-state index in [9.17, 15) is 14.0 Å². The molecule has 2 amide bonds. The minimum Gasteiger partial charge on any atom is -0.497 e. The predicted molar refractivity (Wildman–Crippen MR) is 102 cm³/mol. The highest BCUT2D eigenvalue weighted by Crippen LogP contribution is 2.38. The summed E-state index contributed by atoms with van der Waals surface area (Å²) in [6.07, 6.45) is 1.67. The van der Waals surface area contributed by atoms with Crippen LogP contribution in [0.5, 0.6) is 11.5 Å². The van der Waals surface area contributed by atoms with Gasteiger partial charge in [0.05, 0.1) is 26.8 Å². The zero-order chi connectivity index (χ0) is 20.1. The zero-order valence-corrected chi connectivity index (χ0v) is 15.9. The van der Waals surface area contributed by atoms with Crippen LogP contribution in [0.25, 0.3) is 0 Å². The van der Waals surface area contributed by atoms with Crippen molar-refractivity contribution >= 4 is 11.8 Å². The lowest BCUT2D eigenvalue weighted by molar-refractivity contribution is -0.131. The van der Waals surface area contributed by atoms with E-state index in [-0.39, 0.29) is 18.5 Å². The van der Waals surface area contributed by atoms with Gasteiger partial charge in [-0.2, -0.15) is 0 Å². The Hall–Kier alpha value is -3.09. The highest BCUT2D eigenvalue weighted by atomic mass is 19.1. The third-order valence-electron chi connectivity index (χ3n) is 4.88. The lowest BCUT2D eigenvalue weighted by Crippen LogP contribution is -2.39. The minimum absolute atomic E-state index is 0.126. The molecule has 1 atom stereocenters. The first-order valence-corrected chi connectivity index (χ1v) is 9.08. The van der Waals surface area contributed by atoms with E-state index >= 15 is 0 Å². The van der Waals surface area contributed by atoms with Crippen LogP contribution < -0.4 is 14.8 Å². The Kier molecular flexibility index (Phi) is 6.13. The maximum Gasteiger partial charge on any atom is 0.251 e. The molecule has 0 unspecified atom stereocenters. The first-order valence-electron chi connectivity index (χ1n) is 9.08. The van der Waals surface area contributed by atoms with Gasteiger partial charge in [-0.25, -0.2) is 4.39 Å². The van der Waals surface area contributed by atoms with Gasteiger partial charge in [0, 0.05) is 17.7 Å². The van der Waals surface area contributed by atoms with Crippen molar-refractivity contribution in [2.24, 2.45) is 0 Å². The molecule has 0 aliphatic carbocycles. The number of halogens is 1. The summed E-state index contributed by atoms with van der Waals surface area (Å²) in [7, 11) is 3.18. The van der Waals surface area contributed by atoms with Crippen molar-refractivity contribution in [3.8, 4) is 11.5 Å². The van der Waals surface area contributed by atoms with Crippen LogP contribution in [-0.4, -0.2) is 44.0 Å². The van der Waals surface area contributed by atoms with Crippen LogP contribution in [0, 0.1) is 5.82 Å². The molecule has 0 bridgehead atoms. The first kappa shape index (κ1) is 19.7. The number of methoxy groups -OCH3 is 2. The van der Waals surface area contributed by atoms with Crippen LogP contribution >= 0.6 is 0 Å². The molecule has 1 heterocycles. The molecule has 0 saturated carbocycles. The van der Waals surface area contributed by atoms with Crippen LogP contribution in [0.3, 0.4) is 0 Å². The maximum absolute atomic E-state index is 13.0. The number of nitrogens with zero attached hydrogens (tertiary/aromatic N) is 1. The Balaban J connectivity index is 1.69. The molecule has 3 rings (SSSR count). The standard InChI is InChI=1S/C21H23FN2O4/c1-27-16-9-10-19(28-2)17(12-16)18-4-3-11-24(18)20(25)13-23-21(26)14-5-7-15(22)8-6-14/h5-10,12,18H,3-4,11,13H2,1-2H3,(H,23,26)/t18-/m0/s1. The number of amides is 2. The highest BCUT2D eigenvalue weighted by molar-refractivity contribution is 5.96. The van der Waals surface area contributed by atoms with Crippen molar-refractivity contribution in [2.75, 3.05) is 27.3 Å². The number of benzene rings is 2. The van der Waals surface area contributed by atoms with Gasteiger partial charge in [0.15, 0.2) is 0 Å². The number of likely N-dealkylation sites (tertiary alicyclic amines) is 1. The Bertz CT molecular complexity index is 854. The van der Waals surface area contributed by atoms with Crippen LogP contribution in [0.4, 0.5) is 4.39 Å². The zero-order valence-electron chi connectivity index (χ0n) is 15.9. The summed E-state index contributed by atoms with van der Waals surface area (Å²) < 4.78 is 23.7. The molecular formula is C21H23FN2O4. The van der Waals surface area contributed by atoms with Gasteiger partial charge < -0.3 is 19.7 Å². The van der Waals surface area contributed by atoms with Crippen molar-refractivity contribution in [2.45, 2.75) is 18.9 Å². The smallest absolute Gasteiger partial charge is 0.251 e. The quantitative estimate of drug-likeness (QED) is 0.829. The van der Waals surface area contributed by atoms with Crippen molar-refractivity contribution < 1.29 is 23.5 Å². The number of rotatable bonds is 6. The van der Waals surface area contributed by atoms with Gasteiger partial charge in [0.2, 0.25) is 5.91 Å². The third-order valence-corrected chi connectivity index (χ3v) is 4.88. The van der Waals surface area contributed by atoms with E-state index < -0.39 is 11.7 Å². The topological polar surface area (TPSA) is 67.9 Å². The fourth-order valence-electron chi connectivity index (χ4n) is 3.45. The Morgan fingerprint density at radius 2 is 1.89 bits per heavy atom. The highest BCUT2D eigenvalue weighted by Gasteiger charge is 2.32. The molecule has 7 heteroatoms. The summed E-state index contributed by atoms with van der Waals surface area (Å²) in [4.78, 5) is 26.7. The minimum atomic E-state index is -0.417. The molecule has 148 valence electrons. The van der Waals surface area contributed by atoms with Gasteiger partial charge >= 0.3 is 0 Å². The second-order valence-electron chi connectivity index (χ2n) is 6.54. The fourth-order valence-corrected chi connectivity index (χ4v) is 3.45. The SMILES string of the molecule is COc1ccc(OC)c([C@@H]2CCCN2C(=O)CNC(=O)c2ccc(F)cc2)c1. The summed E-state index contributed by atoms with van der Waals surface area (Å²) in [5.74, 6) is 0.381. The fraction of sp³-hybridized carbons (Fsp3) is 0.333. The molecular weight excluding hydrogens is 363 g/mol. The summed E-state index contributed by atoms with van der Waals surface area (Å²) >= 11 is 0. The molecule has 28 heavy (non-hydrogen) atoms. The van der Waals surface area contributed by atoms with E-state index in [0.717, 1.165) is 18.4 Å². The molecule has 1 saturated heterocycles. The molecule has 0 aromatic heterocycles. The second-order valence-corrected chi connectivity index (χ2v) is 6.54. The number of carbonyl (C=O) groups is 2. The molecule has 0 spiro atoms. The van der Waals surface area contributed by atoms with E-state index in [2.05, 4.69) is 5.32 Å². The van der Waals surface area contributed by atoms with E-state index in [0.29, 0.717) is 23.6 Å². The van der Waals surface area contributed by atoms with Gasteiger partial charge in [-0.1, -0.05) is 0 Å². The summed E-state index contributed by atoms with van der Waals surface area (Å²) in [6.45, 7) is 0.481. The summed E-state index contributed by atoms with van der Waals surface area (Å²) in [5.41, 5.74) is 1.19. The average Bonchev–Trinajstić information content (AvgIpc) is 3.21. The number of nitrogens with one attached hydrogen (secondary N) is 1. The number of hydrogen-bond acceptors (Lipinski definition) is 4. The Morgan fingerprint density at radius 1 is 1.14 bits per heavy atom. The largest absolute Gasteiger partial charge is 0.497 e. The monoisotopic (exact) mass is 386 g/mol. The lowest BCUT2D eigenvalue weighted by Gasteiger charge is -2.27. The number of carbonyl (C=O) groups excluding carboxylic acids is 2. The summed E-state index contributed by atoms with van der Waals surface area (Å²) in [6, 6.07) is 10.6. The van der Waals surface area contributed by atoms with Crippen molar-refractivity contribution in [3.05, 3.63) is 59.4 Å². The van der Waals surface area contributed by atoms with E-state index in [1.54, 1.807) is 19.1 Å². The van der Waals surface area contributed by atoms with E-state index in [4.69, 9.17) is 9.47 Å². The van der Waals surface area contributed by atoms with E-state index in [1.807, 2.05) is 18.2 Å². The second kappa shape index (κ2) is 8.73. The Labute approximate surface area is 163 Å².